The molecule has 5 nitrogen and oxygen atoms in total. The SMILES string of the molecule is CNC(=O)c1ccn(-c2c(F)cccc2C(C)NC)n1. The number of nitrogens with zero attached hydrogens (tertiary/aromatic N) is 2. The van der Waals surface area contributed by atoms with Gasteiger partial charge in [-0.2, -0.15) is 5.10 Å². The molecule has 106 valence electrons. The van der Waals surface area contributed by atoms with E-state index in [1.807, 2.05) is 13.0 Å². The van der Waals surface area contributed by atoms with E-state index in [2.05, 4.69) is 15.7 Å². The molecule has 0 spiro atoms. The van der Waals surface area contributed by atoms with Crippen molar-refractivity contribution in [1.82, 2.24) is 20.4 Å². The molecule has 1 aromatic heterocycles. The monoisotopic (exact) mass is 276 g/mol. The van der Waals surface area contributed by atoms with Gasteiger partial charge in [-0.3, -0.25) is 4.79 Å². The quantitative estimate of drug-likeness (QED) is 0.892. The Kier molecular flexibility index (Phi) is 4.14. The van der Waals surface area contributed by atoms with Crippen molar-refractivity contribution in [3.8, 4) is 5.69 Å². The summed E-state index contributed by atoms with van der Waals surface area (Å²) < 4.78 is 15.5. The van der Waals surface area contributed by atoms with E-state index < -0.39 is 0 Å². The number of aromatic nitrogens is 2. The Morgan fingerprint density at radius 3 is 2.75 bits per heavy atom. The highest BCUT2D eigenvalue weighted by atomic mass is 19.1. The molecule has 0 saturated carbocycles. The first kappa shape index (κ1) is 14.2. The van der Waals surface area contributed by atoms with Gasteiger partial charge < -0.3 is 10.6 Å². The Bertz CT molecular complexity index is 623. The fraction of sp³-hybridized carbons (Fsp3) is 0.286. The highest BCUT2D eigenvalue weighted by Crippen LogP contribution is 2.24. The molecule has 20 heavy (non-hydrogen) atoms. The Hall–Kier alpha value is -2.21. The van der Waals surface area contributed by atoms with Crippen LogP contribution in [-0.2, 0) is 0 Å². The van der Waals surface area contributed by atoms with Crippen LogP contribution in [0, 0.1) is 5.82 Å². The van der Waals surface area contributed by atoms with E-state index in [-0.39, 0.29) is 23.5 Å². The van der Waals surface area contributed by atoms with Crippen LogP contribution >= 0.6 is 0 Å². The molecule has 0 radical (unpaired) electrons. The lowest BCUT2D eigenvalue weighted by Crippen LogP contribution is -2.19. The topological polar surface area (TPSA) is 59.0 Å². The number of benzene rings is 1. The maximum atomic E-state index is 14.1. The van der Waals surface area contributed by atoms with Crippen molar-refractivity contribution >= 4 is 5.91 Å². The third kappa shape index (κ3) is 2.55. The first-order chi connectivity index (χ1) is 9.58. The third-order valence-electron chi connectivity index (χ3n) is 3.20. The smallest absolute Gasteiger partial charge is 0.271 e. The van der Waals surface area contributed by atoms with Crippen LogP contribution in [0.25, 0.3) is 5.69 Å². The average molecular weight is 276 g/mol. The van der Waals surface area contributed by atoms with Crippen molar-refractivity contribution in [1.29, 1.82) is 0 Å². The Balaban J connectivity index is 2.51. The van der Waals surface area contributed by atoms with Gasteiger partial charge in [-0.25, -0.2) is 9.07 Å². The Labute approximate surface area is 116 Å². The molecule has 1 unspecified atom stereocenters. The largest absolute Gasteiger partial charge is 0.354 e. The molecule has 1 heterocycles. The lowest BCUT2D eigenvalue weighted by Gasteiger charge is -2.16. The molecule has 0 fully saturated rings. The van der Waals surface area contributed by atoms with Crippen molar-refractivity contribution < 1.29 is 9.18 Å². The highest BCUT2D eigenvalue weighted by molar-refractivity contribution is 5.91. The first-order valence-electron chi connectivity index (χ1n) is 6.32. The number of carbonyl (C=O) groups is 1. The maximum Gasteiger partial charge on any atom is 0.271 e. The second-order valence-corrected chi connectivity index (χ2v) is 4.41. The maximum absolute atomic E-state index is 14.1. The van der Waals surface area contributed by atoms with Gasteiger partial charge in [0.1, 0.15) is 11.5 Å². The molecule has 0 aliphatic carbocycles. The van der Waals surface area contributed by atoms with E-state index in [1.165, 1.54) is 17.8 Å². The summed E-state index contributed by atoms with van der Waals surface area (Å²) in [5.41, 5.74) is 1.38. The standard InChI is InChI=1S/C14H17FN4O/c1-9(16-2)10-5-4-6-11(15)13(10)19-8-7-12(18-19)14(20)17-3/h4-9,16H,1-3H3,(H,17,20). The average Bonchev–Trinajstić information content (AvgIpc) is 2.94. The summed E-state index contributed by atoms with van der Waals surface area (Å²) in [6.07, 6.45) is 1.58. The second-order valence-electron chi connectivity index (χ2n) is 4.41. The van der Waals surface area contributed by atoms with Crippen LogP contribution in [0.4, 0.5) is 4.39 Å². The van der Waals surface area contributed by atoms with E-state index in [0.717, 1.165) is 5.56 Å². The number of para-hydroxylation sites is 1. The lowest BCUT2D eigenvalue weighted by atomic mass is 10.1. The van der Waals surface area contributed by atoms with Crippen LogP contribution in [0.3, 0.4) is 0 Å². The molecule has 2 aromatic rings. The van der Waals surface area contributed by atoms with Crippen LogP contribution in [-0.4, -0.2) is 29.8 Å². The van der Waals surface area contributed by atoms with E-state index >= 15 is 0 Å². The summed E-state index contributed by atoms with van der Waals surface area (Å²) in [4.78, 5) is 11.5. The van der Waals surface area contributed by atoms with E-state index in [0.29, 0.717) is 5.69 Å². The van der Waals surface area contributed by atoms with Crippen molar-refractivity contribution in [2.75, 3.05) is 14.1 Å². The normalized spacial score (nSPS) is 12.2. The van der Waals surface area contributed by atoms with Crippen LogP contribution in [0.5, 0.6) is 0 Å². The van der Waals surface area contributed by atoms with Crippen LogP contribution in [0.15, 0.2) is 30.5 Å². The molecule has 2 N–H and O–H groups in total. The van der Waals surface area contributed by atoms with Gasteiger partial charge in [-0.05, 0) is 31.7 Å². The zero-order chi connectivity index (χ0) is 14.7. The zero-order valence-electron chi connectivity index (χ0n) is 11.6. The highest BCUT2D eigenvalue weighted by Gasteiger charge is 2.17. The number of halogens is 1. The van der Waals surface area contributed by atoms with Gasteiger partial charge in [0.2, 0.25) is 0 Å². The molecule has 6 heteroatoms. The predicted molar refractivity (Wildman–Crippen MR) is 74.4 cm³/mol. The zero-order valence-corrected chi connectivity index (χ0v) is 11.6. The summed E-state index contributed by atoms with van der Waals surface area (Å²) in [5.74, 6) is -0.681. The van der Waals surface area contributed by atoms with Crippen molar-refractivity contribution in [3.05, 3.63) is 47.5 Å². The molecule has 0 saturated heterocycles. The van der Waals surface area contributed by atoms with Gasteiger partial charge in [-0.15, -0.1) is 0 Å². The molecule has 1 aromatic carbocycles. The van der Waals surface area contributed by atoms with Crippen molar-refractivity contribution in [2.45, 2.75) is 13.0 Å². The minimum Gasteiger partial charge on any atom is -0.354 e. The van der Waals surface area contributed by atoms with Gasteiger partial charge in [0.25, 0.3) is 5.91 Å². The van der Waals surface area contributed by atoms with Crippen molar-refractivity contribution in [3.63, 3.8) is 0 Å². The van der Waals surface area contributed by atoms with Gasteiger partial charge in [-0.1, -0.05) is 12.1 Å². The summed E-state index contributed by atoms with van der Waals surface area (Å²) >= 11 is 0. The third-order valence-corrected chi connectivity index (χ3v) is 3.20. The summed E-state index contributed by atoms with van der Waals surface area (Å²) in [5, 5.41) is 9.69. The van der Waals surface area contributed by atoms with E-state index in [4.69, 9.17) is 0 Å². The minimum atomic E-state index is -0.379. The summed E-state index contributed by atoms with van der Waals surface area (Å²) in [6, 6.07) is 6.39. The summed E-state index contributed by atoms with van der Waals surface area (Å²) in [6.45, 7) is 1.93. The van der Waals surface area contributed by atoms with Crippen LogP contribution in [0.2, 0.25) is 0 Å². The fourth-order valence-corrected chi connectivity index (χ4v) is 1.98. The lowest BCUT2D eigenvalue weighted by molar-refractivity contribution is 0.0957. The number of rotatable bonds is 4. The Morgan fingerprint density at radius 2 is 2.10 bits per heavy atom. The molecule has 0 aliphatic heterocycles. The molecular weight excluding hydrogens is 259 g/mol. The van der Waals surface area contributed by atoms with Gasteiger partial charge in [0.15, 0.2) is 5.69 Å². The Morgan fingerprint density at radius 1 is 1.35 bits per heavy atom. The number of nitrogens with one attached hydrogen (secondary N) is 2. The molecule has 0 aliphatic rings. The van der Waals surface area contributed by atoms with Crippen molar-refractivity contribution in [2.24, 2.45) is 0 Å². The van der Waals surface area contributed by atoms with Gasteiger partial charge in [0, 0.05) is 19.3 Å². The van der Waals surface area contributed by atoms with Gasteiger partial charge >= 0.3 is 0 Å². The second kappa shape index (κ2) is 5.83. The fourth-order valence-electron chi connectivity index (χ4n) is 1.98. The van der Waals surface area contributed by atoms with E-state index in [1.54, 1.807) is 25.4 Å². The number of amides is 1. The molecule has 0 bridgehead atoms. The van der Waals surface area contributed by atoms with E-state index in [9.17, 15) is 9.18 Å². The molecule has 2 rings (SSSR count). The van der Waals surface area contributed by atoms with Crippen LogP contribution < -0.4 is 10.6 Å². The number of hydrogen-bond donors (Lipinski definition) is 2. The first-order valence-corrected chi connectivity index (χ1v) is 6.32. The predicted octanol–water partition coefficient (Wildman–Crippen LogP) is 1.65. The number of carbonyl (C=O) groups excluding carboxylic acids is 1. The van der Waals surface area contributed by atoms with Crippen LogP contribution in [0.1, 0.15) is 29.0 Å². The molecule has 1 amide bonds. The molecular formula is C14H17FN4O. The summed E-state index contributed by atoms with van der Waals surface area (Å²) in [7, 11) is 3.33. The molecule has 1 atom stereocenters. The number of hydrogen-bond acceptors (Lipinski definition) is 3. The van der Waals surface area contributed by atoms with Gasteiger partial charge in [0.05, 0.1) is 0 Å². The minimum absolute atomic E-state index is 0.0339.